The Morgan fingerprint density at radius 2 is 1.95 bits per heavy atom. The Morgan fingerprint density at radius 1 is 1.33 bits per heavy atom. The molecule has 0 radical (unpaired) electrons. The number of carbonyl (C=O) groups excluding carboxylic acids is 2. The predicted octanol–water partition coefficient (Wildman–Crippen LogP) is 1.20. The lowest BCUT2D eigenvalue weighted by molar-refractivity contribution is -0.149. The largest absolute Gasteiger partial charge is 0.481 e. The first kappa shape index (κ1) is 17.5. The minimum atomic E-state index is -0.857. The van der Waals surface area contributed by atoms with Crippen LogP contribution in [0.5, 0.6) is 0 Å². The second-order valence-corrected chi connectivity index (χ2v) is 6.42. The van der Waals surface area contributed by atoms with Gasteiger partial charge < -0.3 is 14.9 Å². The van der Waals surface area contributed by atoms with Crippen molar-refractivity contribution in [2.45, 2.75) is 40.0 Å². The van der Waals surface area contributed by atoms with Crippen molar-refractivity contribution in [2.75, 3.05) is 26.7 Å². The molecule has 0 bridgehead atoms. The average molecular weight is 298 g/mol. The van der Waals surface area contributed by atoms with Crippen molar-refractivity contribution in [3.05, 3.63) is 0 Å². The first-order valence-corrected chi connectivity index (χ1v) is 7.45. The molecule has 1 N–H and O–H groups in total. The predicted molar refractivity (Wildman–Crippen MR) is 78.6 cm³/mol. The number of hydrogen-bond donors (Lipinski definition) is 1. The van der Waals surface area contributed by atoms with Crippen LogP contribution < -0.4 is 0 Å². The van der Waals surface area contributed by atoms with Crippen molar-refractivity contribution in [3.63, 3.8) is 0 Å². The summed E-state index contributed by atoms with van der Waals surface area (Å²) in [5.41, 5.74) is -0.486. The topological polar surface area (TPSA) is 77.9 Å². The molecule has 1 saturated heterocycles. The summed E-state index contributed by atoms with van der Waals surface area (Å²) in [6.07, 6.45) is 2.01. The molecule has 0 aromatic rings. The van der Waals surface area contributed by atoms with Gasteiger partial charge in [-0.15, -0.1) is 0 Å². The van der Waals surface area contributed by atoms with Crippen LogP contribution in [-0.2, 0) is 14.4 Å². The van der Waals surface area contributed by atoms with E-state index in [0.29, 0.717) is 25.8 Å². The molecule has 21 heavy (non-hydrogen) atoms. The van der Waals surface area contributed by atoms with Crippen molar-refractivity contribution in [2.24, 2.45) is 11.3 Å². The minimum Gasteiger partial charge on any atom is -0.481 e. The molecule has 1 aliphatic rings. The average Bonchev–Trinajstić information content (AvgIpc) is 2.46. The van der Waals surface area contributed by atoms with E-state index in [1.54, 1.807) is 11.9 Å². The number of hydrogen-bond acceptors (Lipinski definition) is 3. The summed E-state index contributed by atoms with van der Waals surface area (Å²) in [4.78, 5) is 38.5. The number of carbonyl (C=O) groups is 3. The van der Waals surface area contributed by atoms with Gasteiger partial charge in [-0.25, -0.2) is 0 Å². The Hall–Kier alpha value is -1.59. The second-order valence-electron chi connectivity index (χ2n) is 6.42. The lowest BCUT2D eigenvalue weighted by Crippen LogP contribution is -2.48. The number of aliphatic carboxylic acids is 1. The van der Waals surface area contributed by atoms with Crippen LogP contribution >= 0.6 is 0 Å². The quantitative estimate of drug-likeness (QED) is 0.827. The van der Waals surface area contributed by atoms with E-state index in [4.69, 9.17) is 5.11 Å². The van der Waals surface area contributed by atoms with E-state index in [2.05, 4.69) is 0 Å². The maximum Gasteiger partial charge on any atom is 0.308 e. The molecule has 1 heterocycles. The van der Waals surface area contributed by atoms with Crippen LogP contribution in [0, 0.1) is 11.3 Å². The molecule has 1 unspecified atom stereocenters. The Labute approximate surface area is 126 Å². The molecule has 0 aliphatic carbocycles. The van der Waals surface area contributed by atoms with Gasteiger partial charge in [-0.05, 0) is 19.3 Å². The fourth-order valence-corrected chi connectivity index (χ4v) is 2.45. The molecular formula is C15H26N2O4. The highest BCUT2D eigenvalue weighted by Crippen LogP contribution is 2.22. The van der Waals surface area contributed by atoms with Crippen LogP contribution in [0.15, 0.2) is 0 Å². The van der Waals surface area contributed by atoms with Gasteiger partial charge in [0.1, 0.15) is 0 Å². The van der Waals surface area contributed by atoms with Gasteiger partial charge >= 0.3 is 5.97 Å². The van der Waals surface area contributed by atoms with Crippen molar-refractivity contribution in [3.8, 4) is 0 Å². The fraction of sp³-hybridized carbons (Fsp3) is 0.800. The molecule has 0 saturated carbocycles. The SMILES string of the molecule is CCC(C)(C)C(=O)N(C)CC(=O)N1CCCC(C(=O)O)C1. The summed E-state index contributed by atoms with van der Waals surface area (Å²) < 4.78 is 0. The Balaban J connectivity index is 2.60. The van der Waals surface area contributed by atoms with E-state index in [1.807, 2.05) is 20.8 Å². The maximum absolute atomic E-state index is 12.2. The number of carboxylic acids is 1. The molecule has 6 nitrogen and oxygen atoms in total. The van der Waals surface area contributed by atoms with Crippen LogP contribution in [0.25, 0.3) is 0 Å². The van der Waals surface area contributed by atoms with Gasteiger partial charge in [-0.2, -0.15) is 0 Å². The highest BCUT2D eigenvalue weighted by atomic mass is 16.4. The molecule has 1 aliphatic heterocycles. The van der Waals surface area contributed by atoms with E-state index < -0.39 is 17.3 Å². The normalized spacial score (nSPS) is 19.2. The van der Waals surface area contributed by atoms with E-state index in [0.717, 1.165) is 0 Å². The Kier molecular flexibility index (Phi) is 5.75. The monoisotopic (exact) mass is 298 g/mol. The van der Waals surface area contributed by atoms with Crippen molar-refractivity contribution in [1.29, 1.82) is 0 Å². The number of amides is 2. The summed E-state index contributed by atoms with van der Waals surface area (Å²) in [7, 11) is 1.62. The van der Waals surface area contributed by atoms with Crippen LogP contribution in [0.2, 0.25) is 0 Å². The first-order chi connectivity index (χ1) is 9.69. The van der Waals surface area contributed by atoms with Crippen LogP contribution in [0.4, 0.5) is 0 Å². The number of piperidine rings is 1. The van der Waals surface area contributed by atoms with Crippen molar-refractivity contribution < 1.29 is 19.5 Å². The molecular weight excluding hydrogens is 272 g/mol. The standard InChI is InChI=1S/C15H26N2O4/c1-5-15(2,3)14(21)16(4)10-12(18)17-8-6-7-11(9-17)13(19)20/h11H,5-10H2,1-4H3,(H,19,20). The third-order valence-corrected chi connectivity index (χ3v) is 4.31. The van der Waals surface area contributed by atoms with Gasteiger partial charge in [0.25, 0.3) is 0 Å². The summed E-state index contributed by atoms with van der Waals surface area (Å²) in [6.45, 7) is 6.48. The van der Waals surface area contributed by atoms with Gasteiger partial charge in [0, 0.05) is 25.6 Å². The van der Waals surface area contributed by atoms with Gasteiger partial charge in [-0.1, -0.05) is 20.8 Å². The molecule has 120 valence electrons. The summed E-state index contributed by atoms with van der Waals surface area (Å²) in [5, 5.41) is 9.04. The number of nitrogens with zero attached hydrogens (tertiary/aromatic N) is 2. The molecule has 0 aromatic heterocycles. The van der Waals surface area contributed by atoms with Crippen molar-refractivity contribution >= 4 is 17.8 Å². The minimum absolute atomic E-state index is 0.00853. The van der Waals surface area contributed by atoms with E-state index in [-0.39, 0.29) is 24.9 Å². The van der Waals surface area contributed by atoms with Gasteiger partial charge in [-0.3, -0.25) is 14.4 Å². The molecule has 1 atom stereocenters. The molecule has 1 rings (SSSR count). The second kappa shape index (κ2) is 6.91. The summed E-state index contributed by atoms with van der Waals surface area (Å²) >= 11 is 0. The van der Waals surface area contributed by atoms with Gasteiger partial charge in [0.05, 0.1) is 12.5 Å². The lowest BCUT2D eigenvalue weighted by Gasteiger charge is -2.33. The zero-order chi connectivity index (χ0) is 16.2. The smallest absolute Gasteiger partial charge is 0.308 e. The highest BCUT2D eigenvalue weighted by molar-refractivity contribution is 5.87. The molecule has 2 amide bonds. The van der Waals surface area contributed by atoms with Gasteiger partial charge in [0.15, 0.2) is 0 Å². The fourth-order valence-electron chi connectivity index (χ4n) is 2.45. The van der Waals surface area contributed by atoms with E-state index in [9.17, 15) is 14.4 Å². The summed E-state index contributed by atoms with van der Waals surface area (Å²) in [6, 6.07) is 0. The summed E-state index contributed by atoms with van der Waals surface area (Å²) in [5.74, 6) is -1.59. The molecule has 0 aromatic carbocycles. The molecule has 1 fully saturated rings. The highest BCUT2D eigenvalue weighted by Gasteiger charge is 2.32. The Bertz CT molecular complexity index is 420. The lowest BCUT2D eigenvalue weighted by atomic mass is 9.88. The maximum atomic E-state index is 12.2. The molecule has 6 heteroatoms. The Morgan fingerprint density at radius 3 is 2.48 bits per heavy atom. The first-order valence-electron chi connectivity index (χ1n) is 7.45. The number of carboxylic acid groups (broad SMARTS) is 1. The number of likely N-dealkylation sites (N-methyl/N-ethyl adjacent to an activating group) is 1. The van der Waals surface area contributed by atoms with Crippen LogP contribution in [-0.4, -0.2) is 59.4 Å². The zero-order valence-corrected chi connectivity index (χ0v) is 13.4. The number of likely N-dealkylation sites (tertiary alicyclic amines) is 1. The third kappa shape index (κ3) is 4.44. The van der Waals surface area contributed by atoms with E-state index in [1.165, 1.54) is 4.90 Å². The van der Waals surface area contributed by atoms with Gasteiger partial charge in [0.2, 0.25) is 11.8 Å². The molecule has 0 spiro atoms. The zero-order valence-electron chi connectivity index (χ0n) is 13.4. The van der Waals surface area contributed by atoms with E-state index >= 15 is 0 Å². The third-order valence-electron chi connectivity index (χ3n) is 4.31. The van der Waals surface area contributed by atoms with Crippen LogP contribution in [0.3, 0.4) is 0 Å². The van der Waals surface area contributed by atoms with Crippen LogP contribution in [0.1, 0.15) is 40.0 Å². The van der Waals surface area contributed by atoms with Crippen molar-refractivity contribution in [1.82, 2.24) is 9.80 Å². The number of rotatable bonds is 5.